The minimum Gasteiger partial charge on any atom is -0.398 e. The van der Waals surface area contributed by atoms with Crippen LogP contribution in [0.2, 0.25) is 0 Å². The van der Waals surface area contributed by atoms with Crippen LogP contribution in [-0.2, 0) is 30.9 Å². The second-order valence-corrected chi connectivity index (χ2v) is 5.70. The number of nitrogen functional groups attached to an aromatic ring is 1. The molecule has 110 valence electrons. The third-order valence-corrected chi connectivity index (χ3v) is 4.09. The van der Waals surface area contributed by atoms with Crippen LogP contribution in [0.5, 0.6) is 0 Å². The zero-order chi connectivity index (χ0) is 14.7. The molecule has 1 heterocycles. The second kappa shape index (κ2) is 6.29. The van der Waals surface area contributed by atoms with E-state index in [4.69, 9.17) is 10.5 Å². The number of nitrogens with zero attached hydrogens (tertiary/aromatic N) is 1. The first-order valence-electron chi connectivity index (χ1n) is 7.41. The van der Waals surface area contributed by atoms with E-state index in [1.807, 2.05) is 6.07 Å². The third kappa shape index (κ3) is 3.26. The molecule has 0 saturated heterocycles. The first-order chi connectivity index (χ1) is 10.3. The number of ether oxygens (including phenoxy) is 1. The lowest BCUT2D eigenvalue weighted by atomic mass is 9.97. The van der Waals surface area contributed by atoms with Crippen molar-refractivity contribution in [3.63, 3.8) is 0 Å². The maximum absolute atomic E-state index is 6.06. The Labute approximate surface area is 126 Å². The van der Waals surface area contributed by atoms with Gasteiger partial charge in [0.25, 0.3) is 0 Å². The topological polar surface area (TPSA) is 38.5 Å². The Balaban J connectivity index is 1.71. The first kappa shape index (κ1) is 14.1. The average molecular weight is 282 g/mol. The van der Waals surface area contributed by atoms with Gasteiger partial charge in [-0.2, -0.15) is 0 Å². The van der Waals surface area contributed by atoms with Crippen LogP contribution >= 0.6 is 0 Å². The predicted octanol–water partition coefficient (Wildman–Crippen LogP) is 2.97. The van der Waals surface area contributed by atoms with Gasteiger partial charge in [0.2, 0.25) is 0 Å². The second-order valence-electron chi connectivity index (χ2n) is 5.70. The zero-order valence-corrected chi connectivity index (χ0v) is 12.5. The van der Waals surface area contributed by atoms with Gasteiger partial charge in [-0.3, -0.25) is 4.90 Å². The van der Waals surface area contributed by atoms with Gasteiger partial charge in [0.05, 0.1) is 6.61 Å². The highest BCUT2D eigenvalue weighted by atomic mass is 16.5. The maximum Gasteiger partial charge on any atom is 0.0713 e. The molecule has 0 bridgehead atoms. The van der Waals surface area contributed by atoms with Crippen LogP contribution in [-0.4, -0.2) is 18.6 Å². The smallest absolute Gasteiger partial charge is 0.0713 e. The molecule has 0 radical (unpaired) electrons. The SMILES string of the molecule is COCc1cccc(CN2CCc3c(N)cccc3C2)c1. The molecule has 0 aromatic heterocycles. The highest BCUT2D eigenvalue weighted by Gasteiger charge is 2.17. The Hall–Kier alpha value is -1.84. The van der Waals surface area contributed by atoms with Crippen molar-refractivity contribution in [2.75, 3.05) is 19.4 Å². The molecule has 1 aliphatic heterocycles. The molecule has 0 spiro atoms. The molecule has 0 atom stereocenters. The van der Waals surface area contributed by atoms with Gasteiger partial charge in [0, 0.05) is 32.4 Å². The van der Waals surface area contributed by atoms with Crippen molar-refractivity contribution >= 4 is 5.69 Å². The summed E-state index contributed by atoms with van der Waals surface area (Å²) in [6.45, 7) is 3.70. The molecule has 1 aliphatic rings. The normalized spacial score (nSPS) is 14.9. The average Bonchev–Trinajstić information content (AvgIpc) is 2.48. The van der Waals surface area contributed by atoms with Crippen LogP contribution in [0.15, 0.2) is 42.5 Å². The summed E-state index contributed by atoms with van der Waals surface area (Å²) >= 11 is 0. The lowest BCUT2D eigenvalue weighted by molar-refractivity contribution is 0.184. The summed E-state index contributed by atoms with van der Waals surface area (Å²) in [5.74, 6) is 0. The van der Waals surface area contributed by atoms with Crippen LogP contribution in [0.1, 0.15) is 22.3 Å². The Morgan fingerprint density at radius 2 is 1.95 bits per heavy atom. The van der Waals surface area contributed by atoms with Gasteiger partial charge in [0.1, 0.15) is 0 Å². The number of fused-ring (bicyclic) bond motifs is 1. The lowest BCUT2D eigenvalue weighted by Crippen LogP contribution is -2.30. The van der Waals surface area contributed by atoms with Crippen molar-refractivity contribution in [1.82, 2.24) is 4.90 Å². The van der Waals surface area contributed by atoms with E-state index >= 15 is 0 Å². The van der Waals surface area contributed by atoms with Crippen molar-refractivity contribution in [2.45, 2.75) is 26.1 Å². The minimum absolute atomic E-state index is 0.674. The monoisotopic (exact) mass is 282 g/mol. The molecule has 21 heavy (non-hydrogen) atoms. The Kier molecular flexibility index (Phi) is 4.23. The standard InChI is InChI=1S/C18H22N2O/c1-21-13-15-5-2-4-14(10-15)11-20-9-8-17-16(12-20)6-3-7-18(17)19/h2-7,10H,8-9,11-13,19H2,1H3. The van der Waals surface area contributed by atoms with Gasteiger partial charge < -0.3 is 10.5 Å². The van der Waals surface area contributed by atoms with Crippen LogP contribution in [0, 0.1) is 0 Å². The van der Waals surface area contributed by atoms with Gasteiger partial charge in [-0.15, -0.1) is 0 Å². The van der Waals surface area contributed by atoms with Gasteiger partial charge in [-0.05, 0) is 34.7 Å². The highest BCUT2D eigenvalue weighted by Crippen LogP contribution is 2.25. The molecule has 0 fully saturated rings. The van der Waals surface area contributed by atoms with Crippen LogP contribution < -0.4 is 5.73 Å². The Morgan fingerprint density at radius 1 is 1.14 bits per heavy atom. The molecule has 2 aromatic rings. The number of hydrogen-bond acceptors (Lipinski definition) is 3. The molecule has 2 N–H and O–H groups in total. The largest absolute Gasteiger partial charge is 0.398 e. The fourth-order valence-electron chi connectivity index (χ4n) is 3.08. The van der Waals surface area contributed by atoms with Crippen molar-refractivity contribution in [2.24, 2.45) is 0 Å². The first-order valence-corrected chi connectivity index (χ1v) is 7.41. The highest BCUT2D eigenvalue weighted by molar-refractivity contribution is 5.51. The molecule has 0 saturated carbocycles. The van der Waals surface area contributed by atoms with E-state index in [2.05, 4.69) is 41.3 Å². The van der Waals surface area contributed by atoms with Crippen molar-refractivity contribution in [3.05, 3.63) is 64.7 Å². The van der Waals surface area contributed by atoms with Crippen LogP contribution in [0.25, 0.3) is 0 Å². The summed E-state index contributed by atoms with van der Waals surface area (Å²) in [5.41, 5.74) is 12.3. The van der Waals surface area contributed by atoms with Crippen molar-refractivity contribution in [3.8, 4) is 0 Å². The van der Waals surface area contributed by atoms with Crippen LogP contribution in [0.3, 0.4) is 0 Å². The number of methoxy groups -OCH3 is 1. The van der Waals surface area contributed by atoms with Crippen molar-refractivity contribution in [1.29, 1.82) is 0 Å². The third-order valence-electron chi connectivity index (χ3n) is 4.09. The zero-order valence-electron chi connectivity index (χ0n) is 12.5. The van der Waals surface area contributed by atoms with E-state index in [1.54, 1.807) is 7.11 Å². The number of nitrogens with two attached hydrogens (primary N) is 1. The van der Waals surface area contributed by atoms with Gasteiger partial charge in [-0.25, -0.2) is 0 Å². The number of rotatable bonds is 4. The summed E-state index contributed by atoms with van der Waals surface area (Å²) in [4.78, 5) is 2.48. The number of hydrogen-bond donors (Lipinski definition) is 1. The fraction of sp³-hybridized carbons (Fsp3) is 0.333. The van der Waals surface area contributed by atoms with Crippen LogP contribution in [0.4, 0.5) is 5.69 Å². The molecular formula is C18H22N2O. The number of anilines is 1. The Bertz CT molecular complexity index is 624. The minimum atomic E-state index is 0.674. The van der Waals surface area contributed by atoms with Gasteiger partial charge in [0.15, 0.2) is 0 Å². The van der Waals surface area contributed by atoms with E-state index in [0.717, 1.165) is 31.7 Å². The van der Waals surface area contributed by atoms with E-state index in [9.17, 15) is 0 Å². The summed E-state index contributed by atoms with van der Waals surface area (Å²) in [6, 6.07) is 14.9. The van der Waals surface area contributed by atoms with Crippen molar-refractivity contribution < 1.29 is 4.74 Å². The summed E-state index contributed by atoms with van der Waals surface area (Å²) in [6.07, 6.45) is 1.04. The van der Waals surface area contributed by atoms with E-state index in [-0.39, 0.29) is 0 Å². The summed E-state index contributed by atoms with van der Waals surface area (Å²) in [5, 5.41) is 0. The summed E-state index contributed by atoms with van der Waals surface area (Å²) < 4.78 is 5.21. The molecule has 0 amide bonds. The molecule has 3 nitrogen and oxygen atoms in total. The molecule has 3 heteroatoms. The quantitative estimate of drug-likeness (QED) is 0.876. The van der Waals surface area contributed by atoms with E-state index in [0.29, 0.717) is 6.61 Å². The lowest BCUT2D eigenvalue weighted by Gasteiger charge is -2.29. The molecular weight excluding hydrogens is 260 g/mol. The molecule has 2 aromatic carbocycles. The fourth-order valence-corrected chi connectivity index (χ4v) is 3.08. The van der Waals surface area contributed by atoms with E-state index in [1.165, 1.54) is 22.3 Å². The van der Waals surface area contributed by atoms with Gasteiger partial charge in [-0.1, -0.05) is 36.4 Å². The summed E-state index contributed by atoms with van der Waals surface area (Å²) in [7, 11) is 1.73. The molecule has 0 unspecified atom stereocenters. The molecule has 3 rings (SSSR count). The predicted molar refractivity (Wildman–Crippen MR) is 85.8 cm³/mol. The maximum atomic E-state index is 6.06. The molecule has 0 aliphatic carbocycles. The number of benzene rings is 2. The Morgan fingerprint density at radius 3 is 2.81 bits per heavy atom. The van der Waals surface area contributed by atoms with Gasteiger partial charge >= 0.3 is 0 Å². The van der Waals surface area contributed by atoms with E-state index < -0.39 is 0 Å².